The Balaban J connectivity index is 1.81. The first-order valence-corrected chi connectivity index (χ1v) is 10.5. The number of amides is 2. The third kappa shape index (κ3) is 5.99. The van der Waals surface area contributed by atoms with Gasteiger partial charge in [-0.15, -0.1) is 0 Å². The van der Waals surface area contributed by atoms with E-state index < -0.39 is 36.3 Å². The van der Waals surface area contributed by atoms with Gasteiger partial charge in [0.15, 0.2) is 0 Å². The number of benzene rings is 1. The van der Waals surface area contributed by atoms with Crippen molar-refractivity contribution in [2.24, 2.45) is 17.6 Å². The largest absolute Gasteiger partial charge is 0.405 e. The van der Waals surface area contributed by atoms with Crippen molar-refractivity contribution in [2.45, 2.75) is 51.3 Å². The number of carbonyl (C=O) groups excluding carboxylic acids is 2. The van der Waals surface area contributed by atoms with E-state index in [9.17, 15) is 27.2 Å². The zero-order chi connectivity index (χ0) is 23.6. The standard InChI is InChI=1S/C22H27F4N3O3/c1-11(20(30)28-10-22(24,25)26)15-8-16(23)17(7-14(15)9-32-2)29-21(31)19(27)18(12-3-4-12)13-5-6-13/h7-8,11-13H,3-6,9-10,27H2,1-2H3,(H,28,30)(H,29,31)/t11-/m0/s1. The topological polar surface area (TPSA) is 93.4 Å². The smallest absolute Gasteiger partial charge is 0.394 e. The average Bonchev–Trinajstić information content (AvgIpc) is 3.62. The van der Waals surface area contributed by atoms with Crippen LogP contribution in [-0.4, -0.2) is 31.6 Å². The number of hydrogen-bond donors (Lipinski definition) is 3. The first-order valence-electron chi connectivity index (χ1n) is 10.5. The van der Waals surface area contributed by atoms with Gasteiger partial charge in [0.2, 0.25) is 5.91 Å². The number of allylic oxidation sites excluding steroid dienone is 1. The Bertz CT molecular complexity index is 908. The molecule has 1 aromatic rings. The van der Waals surface area contributed by atoms with Crippen LogP contribution < -0.4 is 16.4 Å². The van der Waals surface area contributed by atoms with Crippen molar-refractivity contribution in [3.05, 3.63) is 40.3 Å². The summed E-state index contributed by atoms with van der Waals surface area (Å²) in [6.07, 6.45) is -0.577. The van der Waals surface area contributed by atoms with Gasteiger partial charge in [-0.05, 0) is 73.3 Å². The molecule has 0 bridgehead atoms. The molecule has 2 aliphatic carbocycles. The van der Waals surface area contributed by atoms with Crippen molar-refractivity contribution >= 4 is 17.5 Å². The van der Waals surface area contributed by atoms with Crippen LogP contribution in [0.1, 0.15) is 49.7 Å². The van der Waals surface area contributed by atoms with Crippen LogP contribution in [0.15, 0.2) is 23.4 Å². The van der Waals surface area contributed by atoms with Gasteiger partial charge >= 0.3 is 6.18 Å². The first kappa shape index (κ1) is 24.0. The van der Waals surface area contributed by atoms with Crippen molar-refractivity contribution in [2.75, 3.05) is 19.0 Å². The summed E-state index contributed by atoms with van der Waals surface area (Å²) in [5, 5.41) is 4.29. The van der Waals surface area contributed by atoms with Crippen molar-refractivity contribution < 1.29 is 31.9 Å². The van der Waals surface area contributed by atoms with E-state index in [1.807, 2.05) is 0 Å². The molecular formula is C22H27F4N3O3. The lowest BCUT2D eigenvalue weighted by Gasteiger charge is -2.19. The summed E-state index contributed by atoms with van der Waals surface area (Å²) in [6, 6.07) is 2.35. The van der Waals surface area contributed by atoms with Gasteiger partial charge in [-0.1, -0.05) is 0 Å². The summed E-state index contributed by atoms with van der Waals surface area (Å²) in [6.45, 7) is -0.144. The van der Waals surface area contributed by atoms with Gasteiger partial charge in [-0.2, -0.15) is 13.2 Å². The Morgan fingerprint density at radius 1 is 1.19 bits per heavy atom. The van der Waals surface area contributed by atoms with Crippen molar-refractivity contribution in [3.8, 4) is 0 Å². The number of halogens is 4. The third-order valence-electron chi connectivity index (χ3n) is 5.69. The Hall–Kier alpha value is -2.62. The minimum atomic E-state index is -4.56. The summed E-state index contributed by atoms with van der Waals surface area (Å²) in [5.74, 6) is -2.74. The Kier molecular flexibility index (Phi) is 7.12. The Morgan fingerprint density at radius 3 is 2.28 bits per heavy atom. The van der Waals surface area contributed by atoms with Crippen molar-refractivity contribution in [3.63, 3.8) is 0 Å². The number of ether oxygens (including phenoxy) is 1. The van der Waals surface area contributed by atoms with Gasteiger partial charge in [0.1, 0.15) is 12.4 Å². The molecular weight excluding hydrogens is 430 g/mol. The number of methoxy groups -OCH3 is 1. The molecule has 4 N–H and O–H groups in total. The van der Waals surface area contributed by atoms with E-state index in [0.29, 0.717) is 17.4 Å². The maximum Gasteiger partial charge on any atom is 0.405 e. The molecule has 0 aliphatic heterocycles. The zero-order valence-corrected chi connectivity index (χ0v) is 17.9. The highest BCUT2D eigenvalue weighted by atomic mass is 19.4. The van der Waals surface area contributed by atoms with Crippen LogP contribution in [0, 0.1) is 17.7 Å². The lowest BCUT2D eigenvalue weighted by Crippen LogP contribution is -2.36. The predicted molar refractivity (Wildman–Crippen MR) is 110 cm³/mol. The second-order valence-electron chi connectivity index (χ2n) is 8.39. The molecule has 0 saturated heterocycles. The van der Waals surface area contributed by atoms with E-state index in [-0.39, 0.29) is 23.6 Å². The van der Waals surface area contributed by atoms with Crippen LogP contribution >= 0.6 is 0 Å². The number of anilines is 1. The van der Waals surface area contributed by atoms with Crippen LogP contribution in [0.5, 0.6) is 0 Å². The van der Waals surface area contributed by atoms with E-state index in [2.05, 4.69) is 5.32 Å². The molecule has 3 rings (SSSR count). The molecule has 0 spiro atoms. The lowest BCUT2D eigenvalue weighted by atomic mass is 9.94. The van der Waals surface area contributed by atoms with E-state index in [0.717, 1.165) is 37.3 Å². The number of nitrogens with two attached hydrogens (primary N) is 1. The van der Waals surface area contributed by atoms with Gasteiger partial charge in [0.05, 0.1) is 23.9 Å². The molecule has 0 heterocycles. The average molecular weight is 457 g/mol. The fraction of sp³-hybridized carbons (Fsp3) is 0.545. The minimum Gasteiger partial charge on any atom is -0.394 e. The molecule has 0 radical (unpaired) electrons. The molecule has 0 unspecified atom stereocenters. The second kappa shape index (κ2) is 9.48. The summed E-state index contributed by atoms with van der Waals surface area (Å²) >= 11 is 0. The van der Waals surface area contributed by atoms with Crippen LogP contribution in [0.3, 0.4) is 0 Å². The van der Waals surface area contributed by atoms with Crippen LogP contribution in [0.4, 0.5) is 23.2 Å². The third-order valence-corrected chi connectivity index (χ3v) is 5.69. The number of rotatable bonds is 9. The molecule has 1 atom stereocenters. The molecule has 10 heteroatoms. The molecule has 0 aromatic heterocycles. The number of alkyl halides is 3. The van der Waals surface area contributed by atoms with Gasteiger partial charge in [0, 0.05) is 7.11 Å². The van der Waals surface area contributed by atoms with E-state index in [4.69, 9.17) is 10.5 Å². The molecule has 6 nitrogen and oxygen atoms in total. The second-order valence-corrected chi connectivity index (χ2v) is 8.39. The zero-order valence-electron chi connectivity index (χ0n) is 17.9. The molecule has 2 aliphatic rings. The van der Waals surface area contributed by atoms with Crippen molar-refractivity contribution in [1.29, 1.82) is 0 Å². The summed E-state index contributed by atoms with van der Waals surface area (Å²) < 4.78 is 57.1. The molecule has 2 fully saturated rings. The highest BCUT2D eigenvalue weighted by Gasteiger charge is 2.39. The number of nitrogens with one attached hydrogen (secondary N) is 2. The Morgan fingerprint density at radius 2 is 1.78 bits per heavy atom. The van der Waals surface area contributed by atoms with Gasteiger partial charge in [-0.3, -0.25) is 9.59 Å². The van der Waals surface area contributed by atoms with Crippen molar-refractivity contribution in [1.82, 2.24) is 5.32 Å². The monoisotopic (exact) mass is 457 g/mol. The molecule has 1 aromatic carbocycles. The molecule has 32 heavy (non-hydrogen) atoms. The summed E-state index contributed by atoms with van der Waals surface area (Å²) in [5.41, 5.74) is 7.57. The number of carbonyl (C=O) groups is 2. The van der Waals surface area contributed by atoms with Crippen LogP contribution in [0.25, 0.3) is 0 Å². The van der Waals surface area contributed by atoms with E-state index >= 15 is 0 Å². The fourth-order valence-electron chi connectivity index (χ4n) is 3.78. The Labute approximate surface area is 183 Å². The predicted octanol–water partition coefficient (Wildman–Crippen LogP) is 3.73. The first-order chi connectivity index (χ1) is 15.0. The lowest BCUT2D eigenvalue weighted by molar-refractivity contribution is -0.139. The highest BCUT2D eigenvalue weighted by Crippen LogP contribution is 2.49. The van der Waals surface area contributed by atoms with Crippen LogP contribution in [-0.2, 0) is 20.9 Å². The quantitative estimate of drug-likeness (QED) is 0.389. The van der Waals surface area contributed by atoms with Crippen LogP contribution in [0.2, 0.25) is 0 Å². The SMILES string of the molecule is COCc1cc(NC(=O)C(N)=C(C2CC2)C2CC2)c(F)cc1[C@H](C)C(=O)NCC(F)(F)F. The molecule has 2 amide bonds. The minimum absolute atomic E-state index is 0.0317. The molecule has 176 valence electrons. The van der Waals surface area contributed by atoms with Gasteiger partial charge in [0.25, 0.3) is 5.91 Å². The van der Waals surface area contributed by atoms with E-state index in [1.165, 1.54) is 20.1 Å². The maximum absolute atomic E-state index is 14.8. The van der Waals surface area contributed by atoms with E-state index in [1.54, 1.807) is 5.32 Å². The van der Waals surface area contributed by atoms with Gasteiger partial charge in [-0.25, -0.2) is 4.39 Å². The fourth-order valence-corrected chi connectivity index (χ4v) is 3.78. The normalized spacial score (nSPS) is 16.9. The maximum atomic E-state index is 14.8. The van der Waals surface area contributed by atoms with Gasteiger partial charge < -0.3 is 21.1 Å². The summed E-state index contributed by atoms with van der Waals surface area (Å²) in [4.78, 5) is 24.8. The number of hydrogen-bond acceptors (Lipinski definition) is 4. The summed E-state index contributed by atoms with van der Waals surface area (Å²) in [7, 11) is 1.39. The molecule has 2 saturated carbocycles. The highest BCUT2D eigenvalue weighted by molar-refractivity contribution is 6.04.